The molecule has 1 aromatic carbocycles. The van der Waals surface area contributed by atoms with Gasteiger partial charge in [-0.15, -0.1) is 0 Å². The molecule has 2 nitrogen and oxygen atoms in total. The lowest BCUT2D eigenvalue weighted by Gasteiger charge is -2.08. The predicted octanol–water partition coefficient (Wildman–Crippen LogP) is 3.14. The Morgan fingerprint density at radius 3 is 2.69 bits per heavy atom. The Morgan fingerprint density at radius 1 is 1.19 bits per heavy atom. The molecule has 0 atom stereocenters. The smallest absolute Gasteiger partial charge is 0.146 e. The fourth-order valence-electron chi connectivity index (χ4n) is 1.47. The van der Waals surface area contributed by atoms with Gasteiger partial charge >= 0.3 is 0 Å². The molecule has 1 aromatic heterocycles. The van der Waals surface area contributed by atoms with Crippen LogP contribution in [0.15, 0.2) is 42.7 Å². The Bertz CT molecular complexity index is 469. The molecule has 0 saturated heterocycles. The molecule has 2 rings (SSSR count). The Hall–Kier alpha value is -1.90. The molecular formula is C13H13FN2. The molecule has 1 N–H and O–H groups in total. The number of anilines is 1. The second-order valence-corrected chi connectivity index (χ2v) is 3.69. The number of nitrogens with zero attached hydrogens (tertiary/aromatic N) is 1. The van der Waals surface area contributed by atoms with Crippen LogP contribution in [0, 0.1) is 12.7 Å². The highest BCUT2D eigenvalue weighted by molar-refractivity contribution is 5.47. The van der Waals surface area contributed by atoms with Gasteiger partial charge in [-0.25, -0.2) is 4.39 Å². The molecule has 0 saturated carbocycles. The van der Waals surface area contributed by atoms with Crippen LogP contribution in [0.4, 0.5) is 10.1 Å². The van der Waals surface area contributed by atoms with Gasteiger partial charge in [0.25, 0.3) is 0 Å². The summed E-state index contributed by atoms with van der Waals surface area (Å²) in [4.78, 5) is 3.93. The molecule has 1 heterocycles. The Labute approximate surface area is 94.2 Å². The average Bonchev–Trinajstić information content (AvgIpc) is 2.32. The maximum atomic E-state index is 13.4. The summed E-state index contributed by atoms with van der Waals surface area (Å²) in [5, 5.41) is 3.07. The van der Waals surface area contributed by atoms with Crippen LogP contribution in [0.1, 0.15) is 11.1 Å². The second kappa shape index (κ2) is 4.75. The third-order valence-electron chi connectivity index (χ3n) is 2.35. The third kappa shape index (κ3) is 2.57. The van der Waals surface area contributed by atoms with E-state index < -0.39 is 0 Å². The highest BCUT2D eigenvalue weighted by Crippen LogP contribution is 2.16. The zero-order chi connectivity index (χ0) is 11.4. The zero-order valence-electron chi connectivity index (χ0n) is 9.07. The van der Waals surface area contributed by atoms with Gasteiger partial charge in [0.15, 0.2) is 0 Å². The fourth-order valence-corrected chi connectivity index (χ4v) is 1.47. The number of hydrogen-bond donors (Lipinski definition) is 1. The summed E-state index contributed by atoms with van der Waals surface area (Å²) < 4.78 is 13.4. The van der Waals surface area contributed by atoms with Crippen LogP contribution >= 0.6 is 0 Å². The minimum atomic E-state index is -0.223. The summed E-state index contributed by atoms with van der Waals surface area (Å²) in [6, 6.07) is 8.84. The first-order chi connectivity index (χ1) is 7.75. The van der Waals surface area contributed by atoms with Crippen LogP contribution in [0.5, 0.6) is 0 Å². The molecule has 2 aromatic rings. The van der Waals surface area contributed by atoms with Crippen molar-refractivity contribution in [3.05, 3.63) is 59.7 Å². The van der Waals surface area contributed by atoms with Crippen LogP contribution in [0.3, 0.4) is 0 Å². The van der Waals surface area contributed by atoms with E-state index in [1.54, 1.807) is 24.5 Å². The van der Waals surface area contributed by atoms with Crippen LogP contribution in [0.2, 0.25) is 0 Å². The van der Waals surface area contributed by atoms with Crippen molar-refractivity contribution < 1.29 is 4.39 Å². The normalized spacial score (nSPS) is 10.1. The molecular weight excluding hydrogens is 203 g/mol. The summed E-state index contributed by atoms with van der Waals surface area (Å²) in [5.41, 5.74) is 2.66. The van der Waals surface area contributed by atoms with E-state index in [1.807, 2.05) is 19.1 Å². The van der Waals surface area contributed by atoms with Gasteiger partial charge in [0.2, 0.25) is 0 Å². The van der Waals surface area contributed by atoms with Crippen LogP contribution in [-0.4, -0.2) is 4.98 Å². The SMILES string of the molecule is Cc1ccc(F)c(NCc2ccncc2)c1. The summed E-state index contributed by atoms with van der Waals surface area (Å²) in [7, 11) is 0. The fraction of sp³-hybridized carbons (Fsp3) is 0.154. The van der Waals surface area contributed by atoms with Crippen molar-refractivity contribution in [1.29, 1.82) is 0 Å². The topological polar surface area (TPSA) is 24.9 Å². The molecule has 0 aliphatic carbocycles. The predicted molar refractivity (Wildman–Crippen MR) is 62.7 cm³/mol. The van der Waals surface area contributed by atoms with Crippen molar-refractivity contribution in [2.45, 2.75) is 13.5 Å². The minimum absolute atomic E-state index is 0.223. The van der Waals surface area contributed by atoms with Gasteiger partial charge < -0.3 is 5.32 Å². The third-order valence-corrected chi connectivity index (χ3v) is 2.35. The van der Waals surface area contributed by atoms with Crippen LogP contribution in [-0.2, 0) is 6.54 Å². The van der Waals surface area contributed by atoms with Crippen molar-refractivity contribution in [3.63, 3.8) is 0 Å². The van der Waals surface area contributed by atoms with E-state index in [4.69, 9.17) is 0 Å². The molecule has 82 valence electrons. The Balaban J connectivity index is 2.08. The van der Waals surface area contributed by atoms with Crippen molar-refractivity contribution in [2.24, 2.45) is 0 Å². The van der Waals surface area contributed by atoms with E-state index in [2.05, 4.69) is 10.3 Å². The van der Waals surface area contributed by atoms with Crippen molar-refractivity contribution >= 4 is 5.69 Å². The molecule has 0 radical (unpaired) electrons. The number of nitrogens with one attached hydrogen (secondary N) is 1. The van der Waals surface area contributed by atoms with E-state index in [-0.39, 0.29) is 5.82 Å². The first-order valence-electron chi connectivity index (χ1n) is 5.14. The molecule has 0 bridgehead atoms. The van der Waals surface area contributed by atoms with Gasteiger partial charge in [0.05, 0.1) is 5.69 Å². The van der Waals surface area contributed by atoms with Crippen LogP contribution in [0.25, 0.3) is 0 Å². The summed E-state index contributed by atoms with van der Waals surface area (Å²) in [6.45, 7) is 2.54. The summed E-state index contributed by atoms with van der Waals surface area (Å²) in [6.07, 6.45) is 3.45. The molecule has 0 fully saturated rings. The van der Waals surface area contributed by atoms with Gasteiger partial charge in [-0.3, -0.25) is 4.98 Å². The highest BCUT2D eigenvalue weighted by atomic mass is 19.1. The van der Waals surface area contributed by atoms with Gasteiger partial charge in [-0.1, -0.05) is 6.07 Å². The average molecular weight is 216 g/mol. The van der Waals surface area contributed by atoms with E-state index in [1.165, 1.54) is 6.07 Å². The monoisotopic (exact) mass is 216 g/mol. The Kier molecular flexibility index (Phi) is 3.15. The van der Waals surface area contributed by atoms with Crippen molar-refractivity contribution in [1.82, 2.24) is 4.98 Å². The first-order valence-corrected chi connectivity index (χ1v) is 5.14. The number of halogens is 1. The quantitative estimate of drug-likeness (QED) is 0.852. The van der Waals surface area contributed by atoms with Gasteiger partial charge in [0.1, 0.15) is 5.82 Å². The number of aromatic nitrogens is 1. The molecule has 0 aliphatic rings. The number of rotatable bonds is 3. The first kappa shape index (κ1) is 10.6. The van der Waals surface area contributed by atoms with E-state index >= 15 is 0 Å². The lowest BCUT2D eigenvalue weighted by molar-refractivity contribution is 0.629. The number of pyridine rings is 1. The van der Waals surface area contributed by atoms with Crippen molar-refractivity contribution in [2.75, 3.05) is 5.32 Å². The van der Waals surface area contributed by atoms with E-state index in [9.17, 15) is 4.39 Å². The Morgan fingerprint density at radius 2 is 1.94 bits per heavy atom. The van der Waals surface area contributed by atoms with Gasteiger partial charge in [-0.2, -0.15) is 0 Å². The van der Waals surface area contributed by atoms with Crippen molar-refractivity contribution in [3.8, 4) is 0 Å². The highest BCUT2D eigenvalue weighted by Gasteiger charge is 2.01. The molecule has 16 heavy (non-hydrogen) atoms. The molecule has 0 aliphatic heterocycles. The van der Waals surface area contributed by atoms with Gasteiger partial charge in [-0.05, 0) is 42.3 Å². The second-order valence-electron chi connectivity index (χ2n) is 3.69. The lowest BCUT2D eigenvalue weighted by Crippen LogP contribution is -2.01. The summed E-state index contributed by atoms with van der Waals surface area (Å²) >= 11 is 0. The maximum Gasteiger partial charge on any atom is 0.146 e. The standard InChI is InChI=1S/C13H13FN2/c1-10-2-3-12(14)13(8-10)16-9-11-4-6-15-7-5-11/h2-8,16H,9H2,1H3. The number of benzene rings is 1. The zero-order valence-corrected chi connectivity index (χ0v) is 9.07. The number of hydrogen-bond acceptors (Lipinski definition) is 2. The van der Waals surface area contributed by atoms with E-state index in [0.29, 0.717) is 12.2 Å². The maximum absolute atomic E-state index is 13.4. The molecule has 3 heteroatoms. The molecule has 0 spiro atoms. The lowest BCUT2D eigenvalue weighted by atomic mass is 10.2. The van der Waals surface area contributed by atoms with E-state index in [0.717, 1.165) is 11.1 Å². The largest absolute Gasteiger partial charge is 0.379 e. The number of aryl methyl sites for hydroxylation is 1. The summed E-state index contributed by atoms with van der Waals surface area (Å²) in [5.74, 6) is -0.223. The van der Waals surface area contributed by atoms with Crippen LogP contribution < -0.4 is 5.32 Å². The molecule has 0 amide bonds. The molecule has 0 unspecified atom stereocenters. The van der Waals surface area contributed by atoms with Gasteiger partial charge in [0, 0.05) is 18.9 Å². The minimum Gasteiger partial charge on any atom is -0.379 e.